The zero-order chi connectivity index (χ0) is 41.1. The van der Waals surface area contributed by atoms with E-state index in [4.69, 9.17) is 4.74 Å². The third-order valence-corrected chi connectivity index (χ3v) is 15.6. The predicted molar refractivity (Wildman–Crippen MR) is 261 cm³/mol. The molecule has 0 atom stereocenters. The number of nitrogens with zero attached hydrogens (tertiary/aromatic N) is 1. The molecule has 62 heavy (non-hydrogen) atoms. The summed E-state index contributed by atoms with van der Waals surface area (Å²) in [6.45, 7) is 2.15. The third-order valence-electron chi connectivity index (χ3n) is 14.4. The summed E-state index contributed by atoms with van der Waals surface area (Å²) in [6.07, 6.45) is 6.87. The molecular formula is C59H49NOS. The van der Waals surface area contributed by atoms with Crippen LogP contribution in [-0.2, 0) is 0 Å². The minimum Gasteiger partial charge on any atom is -0.457 e. The molecule has 8 aromatic carbocycles. The maximum absolute atomic E-state index is 6.96. The van der Waals surface area contributed by atoms with E-state index in [-0.39, 0.29) is 0 Å². The second-order valence-corrected chi connectivity index (χ2v) is 19.3. The maximum Gasteiger partial charge on any atom is 0.131 e. The maximum atomic E-state index is 6.96. The molecule has 3 heteroatoms. The van der Waals surface area contributed by atoms with E-state index in [1.165, 1.54) is 96.9 Å². The fourth-order valence-corrected chi connectivity index (χ4v) is 13.0. The standard InChI is InChI=1S/C59H49NOS/c1-38-13-5-9-22-54(38)61-55-30-29-48(37-53(55)58-44-32-39-31-40(34-44)35-45(58)33-39)60(47-17-11-16-43(36-47)41-14-3-2-4-15-41)46-27-25-42(26-28-46)49-18-6-7-19-50(49)51-21-12-24-57-59(51)52-20-8-10-23-56(52)62-57/h2-30,36-37,39-40,44-45,58H,31-35H2,1H3/t39-,40+,44+,45-,58?. The van der Waals surface area contributed by atoms with Crippen molar-refractivity contribution in [2.75, 3.05) is 4.90 Å². The Morgan fingerprint density at radius 1 is 0.452 bits per heavy atom. The summed E-state index contributed by atoms with van der Waals surface area (Å²) >= 11 is 1.88. The molecule has 0 N–H and O–H groups in total. The van der Waals surface area contributed by atoms with E-state index in [1.54, 1.807) is 0 Å². The second kappa shape index (κ2) is 15.5. The van der Waals surface area contributed by atoms with Gasteiger partial charge in [0.15, 0.2) is 0 Å². The van der Waals surface area contributed by atoms with Crippen LogP contribution in [-0.4, -0.2) is 0 Å². The van der Waals surface area contributed by atoms with Gasteiger partial charge in [-0.15, -0.1) is 11.3 Å². The van der Waals surface area contributed by atoms with Crippen molar-refractivity contribution in [3.63, 3.8) is 0 Å². The van der Waals surface area contributed by atoms with Crippen LogP contribution >= 0.6 is 11.3 Å². The van der Waals surface area contributed by atoms with Crippen LogP contribution in [0.15, 0.2) is 188 Å². The van der Waals surface area contributed by atoms with Crippen molar-refractivity contribution in [1.82, 2.24) is 0 Å². The van der Waals surface area contributed by atoms with Crippen LogP contribution in [0.5, 0.6) is 11.5 Å². The Balaban J connectivity index is 0.990. The van der Waals surface area contributed by atoms with Crippen molar-refractivity contribution < 1.29 is 4.74 Å². The molecule has 0 radical (unpaired) electrons. The highest BCUT2D eigenvalue weighted by Crippen LogP contribution is 2.61. The van der Waals surface area contributed by atoms with Crippen molar-refractivity contribution in [3.05, 3.63) is 199 Å². The Labute approximate surface area is 369 Å². The molecule has 0 unspecified atom stereocenters. The highest BCUT2D eigenvalue weighted by atomic mass is 32.1. The fraction of sp³-hybridized carbons (Fsp3) is 0.186. The van der Waals surface area contributed by atoms with Crippen LogP contribution in [0.2, 0.25) is 0 Å². The van der Waals surface area contributed by atoms with E-state index in [2.05, 4.69) is 200 Å². The van der Waals surface area contributed by atoms with Gasteiger partial charge in [0.25, 0.3) is 0 Å². The zero-order valence-corrected chi connectivity index (χ0v) is 35.9. The summed E-state index contributed by atoms with van der Waals surface area (Å²) in [5.41, 5.74) is 13.4. The number of hydrogen-bond donors (Lipinski definition) is 0. The van der Waals surface area contributed by atoms with E-state index in [1.807, 2.05) is 11.3 Å². The van der Waals surface area contributed by atoms with Gasteiger partial charge >= 0.3 is 0 Å². The van der Waals surface area contributed by atoms with Crippen molar-refractivity contribution in [1.29, 1.82) is 0 Å². The van der Waals surface area contributed by atoms with Gasteiger partial charge in [0.1, 0.15) is 11.5 Å². The lowest BCUT2D eigenvalue weighted by Crippen LogP contribution is -2.43. The number of aryl methyl sites for hydroxylation is 1. The molecule has 4 bridgehead atoms. The normalized spacial score (nSPS) is 20.2. The van der Waals surface area contributed by atoms with Crippen molar-refractivity contribution >= 4 is 48.6 Å². The van der Waals surface area contributed by atoms with Gasteiger partial charge in [-0.25, -0.2) is 0 Å². The minimum atomic E-state index is 0.503. The molecule has 0 aliphatic heterocycles. The Bertz CT molecular complexity index is 3060. The molecule has 0 saturated heterocycles. The predicted octanol–water partition coefficient (Wildman–Crippen LogP) is 17.2. The Morgan fingerprint density at radius 3 is 1.89 bits per heavy atom. The second-order valence-electron chi connectivity index (χ2n) is 18.2. The minimum absolute atomic E-state index is 0.503. The highest BCUT2D eigenvalue weighted by Gasteiger charge is 2.49. The van der Waals surface area contributed by atoms with Gasteiger partial charge in [-0.2, -0.15) is 0 Å². The van der Waals surface area contributed by atoms with Gasteiger partial charge in [-0.3, -0.25) is 0 Å². The van der Waals surface area contributed by atoms with Crippen LogP contribution in [0.4, 0.5) is 17.1 Å². The first-order chi connectivity index (χ1) is 30.6. The molecule has 13 rings (SSSR count). The number of hydrogen-bond acceptors (Lipinski definition) is 3. The Kier molecular flexibility index (Phi) is 9.33. The molecule has 4 aliphatic carbocycles. The zero-order valence-electron chi connectivity index (χ0n) is 35.1. The average Bonchev–Trinajstić information content (AvgIpc) is 3.70. The first-order valence-electron chi connectivity index (χ1n) is 22.5. The smallest absolute Gasteiger partial charge is 0.131 e. The van der Waals surface area contributed by atoms with E-state index in [0.717, 1.165) is 40.3 Å². The number of para-hydroxylation sites is 1. The molecule has 0 spiro atoms. The third kappa shape index (κ3) is 6.62. The topological polar surface area (TPSA) is 12.5 Å². The SMILES string of the molecule is Cc1ccccc1Oc1ccc(N(c2ccc(-c3ccccc3-c3cccc4sc5ccccc5c34)cc2)c2cccc(-c3ccccc3)c2)cc1C1[C@H]2C[C@H]3C[C@H](C[C@H]1C3)C2. The van der Waals surface area contributed by atoms with Crippen LogP contribution < -0.4 is 9.64 Å². The summed E-state index contributed by atoms with van der Waals surface area (Å²) < 4.78 is 9.61. The lowest BCUT2D eigenvalue weighted by molar-refractivity contribution is -0.00334. The summed E-state index contributed by atoms with van der Waals surface area (Å²) in [5.74, 6) is 5.69. The number of thiophene rings is 1. The summed E-state index contributed by atoms with van der Waals surface area (Å²) in [6, 6.07) is 69.1. The van der Waals surface area contributed by atoms with Crippen LogP contribution in [0.25, 0.3) is 53.6 Å². The number of anilines is 3. The van der Waals surface area contributed by atoms with E-state index in [0.29, 0.717) is 17.8 Å². The highest BCUT2D eigenvalue weighted by molar-refractivity contribution is 7.25. The molecule has 4 saturated carbocycles. The van der Waals surface area contributed by atoms with Gasteiger partial charge in [-0.1, -0.05) is 127 Å². The van der Waals surface area contributed by atoms with Crippen molar-refractivity contribution in [2.45, 2.75) is 44.9 Å². The van der Waals surface area contributed by atoms with Crippen molar-refractivity contribution in [3.8, 4) is 44.9 Å². The summed E-state index contributed by atoms with van der Waals surface area (Å²) in [4.78, 5) is 2.47. The van der Waals surface area contributed by atoms with Crippen LogP contribution in [0, 0.1) is 30.6 Å². The Morgan fingerprint density at radius 2 is 1.08 bits per heavy atom. The Hall–Kier alpha value is -6.42. The van der Waals surface area contributed by atoms with Crippen LogP contribution in [0.1, 0.15) is 49.1 Å². The number of fused-ring (bicyclic) bond motifs is 3. The molecule has 302 valence electrons. The first kappa shape index (κ1) is 37.4. The van der Waals surface area contributed by atoms with Gasteiger partial charge in [0.2, 0.25) is 0 Å². The largest absolute Gasteiger partial charge is 0.457 e. The molecule has 0 amide bonds. The lowest BCUT2D eigenvalue weighted by Gasteiger charge is -2.54. The fourth-order valence-electron chi connectivity index (χ4n) is 11.9. The number of rotatable bonds is 9. The molecule has 4 fully saturated rings. The van der Waals surface area contributed by atoms with E-state index >= 15 is 0 Å². The number of benzene rings is 8. The number of ether oxygens (including phenoxy) is 1. The quantitative estimate of drug-likeness (QED) is 0.144. The molecule has 1 heterocycles. The molecule has 9 aromatic rings. The molecule has 4 aliphatic rings. The van der Waals surface area contributed by atoms with Gasteiger partial charge in [0.05, 0.1) is 0 Å². The monoisotopic (exact) mass is 819 g/mol. The van der Waals surface area contributed by atoms with Gasteiger partial charge in [0, 0.05) is 42.8 Å². The molecule has 2 nitrogen and oxygen atoms in total. The molecular weight excluding hydrogens is 771 g/mol. The van der Waals surface area contributed by atoms with Crippen molar-refractivity contribution in [2.24, 2.45) is 23.7 Å². The van der Waals surface area contributed by atoms with Crippen LogP contribution in [0.3, 0.4) is 0 Å². The van der Waals surface area contributed by atoms with Gasteiger partial charge in [-0.05, 0) is 168 Å². The van der Waals surface area contributed by atoms with Gasteiger partial charge < -0.3 is 9.64 Å². The molecule has 1 aromatic heterocycles. The first-order valence-corrected chi connectivity index (χ1v) is 23.4. The lowest BCUT2D eigenvalue weighted by atomic mass is 9.50. The summed E-state index contributed by atoms with van der Waals surface area (Å²) in [5, 5.41) is 2.66. The average molecular weight is 820 g/mol. The van der Waals surface area contributed by atoms with E-state index < -0.39 is 0 Å². The summed E-state index contributed by atoms with van der Waals surface area (Å²) in [7, 11) is 0. The van der Waals surface area contributed by atoms with E-state index in [9.17, 15) is 0 Å².